The summed E-state index contributed by atoms with van der Waals surface area (Å²) in [6, 6.07) is 7.72. The van der Waals surface area contributed by atoms with Gasteiger partial charge in [0.25, 0.3) is 17.5 Å². The summed E-state index contributed by atoms with van der Waals surface area (Å²) in [5.74, 6) is -1.62. The summed E-state index contributed by atoms with van der Waals surface area (Å²) in [4.78, 5) is 49.1. The summed E-state index contributed by atoms with van der Waals surface area (Å²) in [6.45, 7) is 0. The molecule has 154 valence electrons. The molecule has 1 aliphatic rings. The van der Waals surface area contributed by atoms with E-state index in [1.165, 1.54) is 32.4 Å². The number of anilines is 1. The highest BCUT2D eigenvalue weighted by molar-refractivity contribution is 9.10. The number of amides is 4. The number of imide groups is 2. The third kappa shape index (κ3) is 3.87. The number of ether oxygens (including phenoxy) is 2. The van der Waals surface area contributed by atoms with Gasteiger partial charge in [-0.1, -0.05) is 15.9 Å². The van der Waals surface area contributed by atoms with E-state index in [9.17, 15) is 24.5 Å². The van der Waals surface area contributed by atoms with Gasteiger partial charge < -0.3 is 9.47 Å². The lowest BCUT2D eigenvalue weighted by molar-refractivity contribution is -0.385. The maximum absolute atomic E-state index is 12.9. The van der Waals surface area contributed by atoms with Crippen LogP contribution in [0.3, 0.4) is 0 Å². The van der Waals surface area contributed by atoms with E-state index in [1.807, 2.05) is 0 Å². The van der Waals surface area contributed by atoms with Crippen molar-refractivity contribution in [3.63, 3.8) is 0 Å². The molecule has 0 spiro atoms. The molecular weight excluding hydrogens is 462 g/mol. The lowest BCUT2D eigenvalue weighted by Gasteiger charge is -2.26. The fourth-order valence-corrected chi connectivity index (χ4v) is 3.06. The van der Waals surface area contributed by atoms with E-state index >= 15 is 0 Å². The van der Waals surface area contributed by atoms with Crippen LogP contribution in [0, 0.1) is 10.1 Å². The van der Waals surface area contributed by atoms with Crippen LogP contribution in [0.4, 0.5) is 16.2 Å². The first-order valence-electron chi connectivity index (χ1n) is 8.34. The highest BCUT2D eigenvalue weighted by Crippen LogP contribution is 2.36. The third-order valence-electron chi connectivity index (χ3n) is 4.22. The van der Waals surface area contributed by atoms with E-state index in [0.717, 1.165) is 21.5 Å². The molecule has 0 aromatic heterocycles. The zero-order chi connectivity index (χ0) is 22.0. The van der Waals surface area contributed by atoms with E-state index in [1.54, 1.807) is 12.1 Å². The van der Waals surface area contributed by atoms with Crippen LogP contribution in [0.5, 0.6) is 11.5 Å². The molecule has 2 aromatic carbocycles. The topological polar surface area (TPSA) is 128 Å². The molecular formula is C19H14BrN3O7. The predicted molar refractivity (Wildman–Crippen MR) is 109 cm³/mol. The van der Waals surface area contributed by atoms with Gasteiger partial charge in [-0.3, -0.25) is 25.0 Å². The summed E-state index contributed by atoms with van der Waals surface area (Å²) in [6.07, 6.45) is 1.04. The van der Waals surface area contributed by atoms with E-state index < -0.39 is 34.0 Å². The molecule has 4 amide bonds. The Bertz CT molecular complexity index is 1100. The van der Waals surface area contributed by atoms with Gasteiger partial charge in [-0.25, -0.2) is 9.69 Å². The SMILES string of the molecule is COc1cc(C=C2C(=O)NC(=O)N(c3ccc(Br)cc3)C2=O)c([N+](=O)[O-])cc1OC. The van der Waals surface area contributed by atoms with E-state index in [0.29, 0.717) is 0 Å². The molecule has 0 atom stereocenters. The number of barbiturate groups is 1. The van der Waals surface area contributed by atoms with Crippen LogP contribution in [0.1, 0.15) is 5.56 Å². The standard InChI is InChI=1S/C19H14BrN3O7/c1-29-15-8-10(14(23(27)28)9-16(15)30-2)7-13-17(24)21-19(26)22(18(13)25)12-5-3-11(20)4-6-12/h3-9H,1-2H3,(H,21,24,26). The van der Waals surface area contributed by atoms with Gasteiger partial charge in [0.15, 0.2) is 11.5 Å². The maximum Gasteiger partial charge on any atom is 0.335 e. The molecule has 1 saturated heterocycles. The normalized spacial score (nSPS) is 15.2. The number of urea groups is 1. The van der Waals surface area contributed by atoms with Crippen molar-refractivity contribution >= 4 is 51.2 Å². The molecule has 0 aliphatic carbocycles. The number of methoxy groups -OCH3 is 2. The zero-order valence-electron chi connectivity index (χ0n) is 15.7. The van der Waals surface area contributed by atoms with Crippen molar-refractivity contribution in [2.45, 2.75) is 0 Å². The molecule has 3 rings (SSSR count). The number of hydrogen-bond donors (Lipinski definition) is 1. The molecule has 0 radical (unpaired) electrons. The number of nitro groups is 1. The van der Waals surface area contributed by atoms with Crippen molar-refractivity contribution in [1.29, 1.82) is 0 Å². The second-order valence-corrected chi connectivity index (χ2v) is 6.87. The van der Waals surface area contributed by atoms with E-state index in [2.05, 4.69) is 21.2 Å². The predicted octanol–water partition coefficient (Wildman–Crippen LogP) is 3.04. The number of halogens is 1. The van der Waals surface area contributed by atoms with Crippen LogP contribution in [0.15, 0.2) is 46.4 Å². The maximum atomic E-state index is 12.9. The zero-order valence-corrected chi connectivity index (χ0v) is 17.3. The van der Waals surface area contributed by atoms with Gasteiger partial charge in [0.1, 0.15) is 5.57 Å². The van der Waals surface area contributed by atoms with Crippen molar-refractivity contribution in [1.82, 2.24) is 5.32 Å². The Morgan fingerprint density at radius 3 is 2.23 bits per heavy atom. The van der Waals surface area contributed by atoms with Crippen LogP contribution in [0.2, 0.25) is 0 Å². The number of nitrogens with one attached hydrogen (secondary N) is 1. The van der Waals surface area contributed by atoms with Gasteiger partial charge in [-0.05, 0) is 36.4 Å². The number of benzene rings is 2. The first-order chi connectivity index (χ1) is 14.3. The third-order valence-corrected chi connectivity index (χ3v) is 4.74. The molecule has 0 unspecified atom stereocenters. The Morgan fingerprint density at radius 1 is 1.07 bits per heavy atom. The Hall–Kier alpha value is -3.73. The molecule has 2 aromatic rings. The summed E-state index contributed by atoms with van der Waals surface area (Å²) in [7, 11) is 2.66. The van der Waals surface area contributed by atoms with Crippen LogP contribution >= 0.6 is 15.9 Å². The number of rotatable bonds is 5. The molecule has 10 nitrogen and oxygen atoms in total. The van der Waals surface area contributed by atoms with E-state index in [4.69, 9.17) is 9.47 Å². The fourth-order valence-electron chi connectivity index (χ4n) is 2.80. The molecule has 1 aliphatic heterocycles. The van der Waals surface area contributed by atoms with Gasteiger partial charge in [0.2, 0.25) is 0 Å². The second kappa shape index (κ2) is 8.33. The first kappa shape index (κ1) is 21.0. The lowest BCUT2D eigenvalue weighted by Crippen LogP contribution is -2.54. The van der Waals surface area contributed by atoms with Crippen molar-refractivity contribution in [3.05, 3.63) is 62.1 Å². The van der Waals surface area contributed by atoms with Gasteiger partial charge in [0.05, 0.1) is 36.5 Å². The molecule has 0 bridgehead atoms. The number of hydrogen-bond acceptors (Lipinski definition) is 7. The van der Waals surface area contributed by atoms with Crippen molar-refractivity contribution in [2.75, 3.05) is 19.1 Å². The van der Waals surface area contributed by atoms with Crippen LogP contribution in [-0.4, -0.2) is 37.0 Å². The summed E-state index contributed by atoms with van der Waals surface area (Å²) in [5.41, 5.74) is -0.706. The first-order valence-corrected chi connectivity index (χ1v) is 9.13. The lowest BCUT2D eigenvalue weighted by atomic mass is 10.0. The quantitative estimate of drug-likeness (QED) is 0.304. The summed E-state index contributed by atoms with van der Waals surface area (Å²) in [5, 5.41) is 13.6. The molecule has 11 heteroatoms. The number of nitrogens with zero attached hydrogens (tertiary/aromatic N) is 2. The molecule has 1 heterocycles. The monoisotopic (exact) mass is 475 g/mol. The smallest absolute Gasteiger partial charge is 0.335 e. The average molecular weight is 476 g/mol. The fraction of sp³-hybridized carbons (Fsp3) is 0.105. The minimum atomic E-state index is -0.970. The molecule has 0 saturated carbocycles. The highest BCUT2D eigenvalue weighted by atomic mass is 79.9. The minimum Gasteiger partial charge on any atom is -0.493 e. The minimum absolute atomic E-state index is 0.0683. The molecule has 1 fully saturated rings. The number of nitro benzene ring substituents is 1. The van der Waals surface area contributed by atoms with Gasteiger partial charge >= 0.3 is 6.03 Å². The molecule has 1 N–H and O–H groups in total. The largest absolute Gasteiger partial charge is 0.493 e. The number of carbonyl (C=O) groups excluding carboxylic acids is 3. The second-order valence-electron chi connectivity index (χ2n) is 5.96. The van der Waals surface area contributed by atoms with Gasteiger partial charge in [0, 0.05) is 4.47 Å². The van der Waals surface area contributed by atoms with Crippen LogP contribution < -0.4 is 19.7 Å². The van der Waals surface area contributed by atoms with Crippen molar-refractivity contribution in [2.24, 2.45) is 0 Å². The summed E-state index contributed by atoms with van der Waals surface area (Å²) < 4.78 is 10.9. The summed E-state index contributed by atoms with van der Waals surface area (Å²) >= 11 is 3.26. The average Bonchev–Trinajstić information content (AvgIpc) is 2.71. The highest BCUT2D eigenvalue weighted by Gasteiger charge is 2.37. The van der Waals surface area contributed by atoms with Crippen LogP contribution in [-0.2, 0) is 9.59 Å². The molecule has 30 heavy (non-hydrogen) atoms. The number of carbonyl (C=O) groups is 3. The van der Waals surface area contributed by atoms with Crippen LogP contribution in [0.25, 0.3) is 6.08 Å². The van der Waals surface area contributed by atoms with E-state index in [-0.39, 0.29) is 22.7 Å². The Morgan fingerprint density at radius 2 is 1.67 bits per heavy atom. The Labute approximate surface area is 178 Å². The Kier molecular flexibility index (Phi) is 5.83. The van der Waals surface area contributed by atoms with Crippen molar-refractivity contribution in [3.8, 4) is 11.5 Å². The van der Waals surface area contributed by atoms with Crippen molar-refractivity contribution < 1.29 is 28.8 Å². The van der Waals surface area contributed by atoms with Gasteiger partial charge in [-0.2, -0.15) is 0 Å². The Balaban J connectivity index is 2.12. The van der Waals surface area contributed by atoms with Gasteiger partial charge in [-0.15, -0.1) is 0 Å².